The summed E-state index contributed by atoms with van der Waals surface area (Å²) >= 11 is 0. The van der Waals surface area contributed by atoms with Gasteiger partial charge in [0, 0.05) is 50.2 Å². The number of aryl methyl sites for hydroxylation is 2. The normalized spacial score (nSPS) is 13.1. The molecular weight excluding hydrogens is 462 g/mol. The Morgan fingerprint density at radius 1 is 1.03 bits per heavy atom. The number of benzene rings is 3. The van der Waals surface area contributed by atoms with Gasteiger partial charge in [-0.3, -0.25) is 9.59 Å². The number of Topliss-reactive ketones (excluding diaryl/α,β-unsaturated/α-hetero) is 1. The van der Waals surface area contributed by atoms with Crippen LogP contribution in [0.25, 0.3) is 11.0 Å². The minimum Gasteiger partial charge on any atom is -0.486 e. The molecule has 0 atom stereocenters. The summed E-state index contributed by atoms with van der Waals surface area (Å²) in [6, 6.07) is 19.5. The molecule has 190 valence electrons. The van der Waals surface area contributed by atoms with Crippen LogP contribution in [0.3, 0.4) is 0 Å². The summed E-state index contributed by atoms with van der Waals surface area (Å²) in [7, 11) is 5.51. The summed E-state index contributed by atoms with van der Waals surface area (Å²) in [4.78, 5) is 33.2. The van der Waals surface area contributed by atoms with Gasteiger partial charge in [-0.1, -0.05) is 54.6 Å². The molecular formula is C31H33N3O3. The predicted octanol–water partition coefficient (Wildman–Crippen LogP) is 5.86. The smallest absolute Gasteiger partial charge is 0.253 e. The molecule has 1 aliphatic rings. The molecule has 0 aliphatic heterocycles. The molecule has 0 bridgehead atoms. The molecule has 37 heavy (non-hydrogen) atoms. The number of carbonyl (C=O) groups excluding carboxylic acids is 2. The predicted molar refractivity (Wildman–Crippen MR) is 145 cm³/mol. The molecule has 0 unspecified atom stereocenters. The van der Waals surface area contributed by atoms with Gasteiger partial charge >= 0.3 is 0 Å². The Morgan fingerprint density at radius 3 is 2.41 bits per heavy atom. The maximum Gasteiger partial charge on any atom is 0.253 e. The number of carbonyl (C=O) groups is 2. The fraction of sp³-hybridized carbons (Fsp3) is 0.323. The van der Waals surface area contributed by atoms with Crippen LogP contribution in [-0.4, -0.2) is 40.2 Å². The number of imidazole rings is 1. The highest BCUT2D eigenvalue weighted by Gasteiger charge is 2.31. The zero-order chi connectivity index (χ0) is 26.1. The second-order valence-electron chi connectivity index (χ2n) is 10.1. The van der Waals surface area contributed by atoms with Crippen molar-refractivity contribution in [3.63, 3.8) is 0 Å². The molecule has 1 fully saturated rings. The first-order chi connectivity index (χ1) is 17.8. The van der Waals surface area contributed by atoms with Gasteiger partial charge in [0.2, 0.25) is 0 Å². The van der Waals surface area contributed by atoms with Crippen molar-refractivity contribution in [1.29, 1.82) is 0 Å². The number of fused-ring (bicyclic) bond motifs is 1. The van der Waals surface area contributed by atoms with Crippen LogP contribution in [0.4, 0.5) is 0 Å². The first kappa shape index (κ1) is 24.8. The van der Waals surface area contributed by atoms with E-state index in [1.165, 1.54) is 0 Å². The number of aromatic nitrogens is 2. The lowest BCUT2D eigenvalue weighted by atomic mass is 9.95. The van der Waals surface area contributed by atoms with Crippen molar-refractivity contribution in [2.24, 2.45) is 7.05 Å². The number of nitrogens with zero attached hydrogens (tertiary/aromatic N) is 3. The van der Waals surface area contributed by atoms with Crippen LogP contribution in [0.15, 0.2) is 60.7 Å². The largest absolute Gasteiger partial charge is 0.486 e. The van der Waals surface area contributed by atoms with E-state index in [9.17, 15) is 9.59 Å². The third kappa shape index (κ3) is 5.01. The van der Waals surface area contributed by atoms with Gasteiger partial charge in [-0.05, 0) is 43.4 Å². The van der Waals surface area contributed by atoms with Crippen LogP contribution in [0, 0.1) is 6.92 Å². The molecule has 1 amide bonds. The minimum atomic E-state index is -0.112. The third-order valence-corrected chi connectivity index (χ3v) is 7.12. The first-order valence-electron chi connectivity index (χ1n) is 12.8. The minimum absolute atomic E-state index is 0.0511. The maximum atomic E-state index is 13.4. The van der Waals surface area contributed by atoms with Crippen LogP contribution >= 0.6 is 0 Å². The van der Waals surface area contributed by atoms with Gasteiger partial charge in [-0.15, -0.1) is 0 Å². The standard InChI is InChI=1S/C31H33N3O3/c1-20-10-8-9-13-23(20)27(35)17-16-24-25(31(36)33(2)3)18-26-28(32-30(34(26)4)22-14-15-22)29(24)37-19-21-11-6-5-7-12-21/h5-13,18,22H,14-17,19H2,1-4H3. The summed E-state index contributed by atoms with van der Waals surface area (Å²) in [5, 5.41) is 0. The Kier molecular flexibility index (Phi) is 6.83. The Balaban J connectivity index is 1.61. The van der Waals surface area contributed by atoms with Crippen molar-refractivity contribution < 1.29 is 14.3 Å². The molecule has 1 heterocycles. The zero-order valence-electron chi connectivity index (χ0n) is 22.0. The third-order valence-electron chi connectivity index (χ3n) is 7.12. The molecule has 6 nitrogen and oxygen atoms in total. The summed E-state index contributed by atoms with van der Waals surface area (Å²) in [6.45, 7) is 2.30. The molecule has 3 aromatic carbocycles. The molecule has 0 radical (unpaired) electrons. The van der Waals surface area contributed by atoms with Crippen molar-refractivity contribution in [1.82, 2.24) is 14.5 Å². The second kappa shape index (κ2) is 10.2. The number of ketones is 1. The Morgan fingerprint density at radius 2 is 1.73 bits per heavy atom. The van der Waals surface area contributed by atoms with E-state index in [-0.39, 0.29) is 18.1 Å². The topological polar surface area (TPSA) is 64.4 Å². The number of hydrogen-bond acceptors (Lipinski definition) is 4. The van der Waals surface area contributed by atoms with Gasteiger partial charge < -0.3 is 14.2 Å². The van der Waals surface area contributed by atoms with E-state index in [0.717, 1.165) is 46.4 Å². The average molecular weight is 496 g/mol. The van der Waals surface area contributed by atoms with E-state index in [0.29, 0.717) is 35.8 Å². The first-order valence-corrected chi connectivity index (χ1v) is 12.8. The maximum absolute atomic E-state index is 13.4. The van der Waals surface area contributed by atoms with Gasteiger partial charge in [0.25, 0.3) is 5.91 Å². The van der Waals surface area contributed by atoms with E-state index in [4.69, 9.17) is 9.72 Å². The highest BCUT2D eigenvalue weighted by atomic mass is 16.5. The van der Waals surface area contributed by atoms with Crippen LogP contribution < -0.4 is 4.74 Å². The Bertz CT molecular complexity index is 1470. The van der Waals surface area contributed by atoms with Crippen LogP contribution in [0.1, 0.15) is 68.4 Å². The molecule has 0 saturated heterocycles. The van der Waals surface area contributed by atoms with Gasteiger partial charge in [0.1, 0.15) is 17.9 Å². The summed E-state index contributed by atoms with van der Waals surface area (Å²) in [6.07, 6.45) is 2.91. The van der Waals surface area contributed by atoms with E-state index >= 15 is 0 Å². The summed E-state index contributed by atoms with van der Waals surface area (Å²) < 4.78 is 8.57. The van der Waals surface area contributed by atoms with Crippen molar-refractivity contribution in [2.45, 2.75) is 45.1 Å². The molecule has 4 aromatic rings. The van der Waals surface area contributed by atoms with Crippen molar-refractivity contribution in [2.75, 3.05) is 14.1 Å². The Labute approximate surface area is 217 Å². The van der Waals surface area contributed by atoms with E-state index in [2.05, 4.69) is 4.57 Å². The lowest BCUT2D eigenvalue weighted by Gasteiger charge is -2.19. The molecule has 6 heteroatoms. The van der Waals surface area contributed by atoms with Crippen molar-refractivity contribution in [3.8, 4) is 5.75 Å². The van der Waals surface area contributed by atoms with Gasteiger partial charge in [0.15, 0.2) is 11.5 Å². The molecule has 1 aromatic heterocycles. The fourth-order valence-corrected chi connectivity index (χ4v) is 4.88. The molecule has 0 spiro atoms. The van der Waals surface area contributed by atoms with E-state index in [1.54, 1.807) is 19.0 Å². The van der Waals surface area contributed by atoms with Crippen molar-refractivity contribution in [3.05, 3.63) is 94.3 Å². The quantitative estimate of drug-likeness (QED) is 0.273. The van der Waals surface area contributed by atoms with Crippen LogP contribution in [0.2, 0.25) is 0 Å². The Hall–Kier alpha value is -3.93. The fourth-order valence-electron chi connectivity index (χ4n) is 4.88. The van der Waals surface area contributed by atoms with E-state index < -0.39 is 0 Å². The monoisotopic (exact) mass is 495 g/mol. The molecule has 0 N–H and O–H groups in total. The lowest BCUT2D eigenvalue weighted by Crippen LogP contribution is -2.24. The molecule has 5 rings (SSSR count). The molecule has 1 aliphatic carbocycles. The summed E-state index contributed by atoms with van der Waals surface area (Å²) in [5.74, 6) is 2.01. The number of hydrogen-bond donors (Lipinski definition) is 0. The molecule has 1 saturated carbocycles. The van der Waals surface area contributed by atoms with Crippen molar-refractivity contribution >= 4 is 22.7 Å². The lowest BCUT2D eigenvalue weighted by molar-refractivity contribution is 0.0824. The van der Waals surface area contributed by atoms with Crippen LogP contribution in [0.5, 0.6) is 5.75 Å². The number of ether oxygens (including phenoxy) is 1. The van der Waals surface area contributed by atoms with Gasteiger partial charge in [0.05, 0.1) is 5.52 Å². The van der Waals surface area contributed by atoms with Crippen LogP contribution in [-0.2, 0) is 20.1 Å². The van der Waals surface area contributed by atoms with Gasteiger partial charge in [-0.2, -0.15) is 0 Å². The zero-order valence-corrected chi connectivity index (χ0v) is 22.0. The number of rotatable bonds is 9. The highest BCUT2D eigenvalue weighted by molar-refractivity contribution is 6.02. The second-order valence-corrected chi connectivity index (χ2v) is 10.1. The number of amides is 1. The van der Waals surface area contributed by atoms with Gasteiger partial charge in [-0.25, -0.2) is 4.98 Å². The average Bonchev–Trinajstić information content (AvgIpc) is 3.69. The summed E-state index contributed by atoms with van der Waals surface area (Å²) in [5.41, 5.74) is 5.63. The SMILES string of the molecule is Cc1ccccc1C(=O)CCc1c(C(=O)N(C)C)cc2c(nc(C3CC3)n2C)c1OCc1ccccc1. The highest BCUT2D eigenvalue weighted by Crippen LogP contribution is 2.43. The van der Waals surface area contributed by atoms with E-state index in [1.807, 2.05) is 74.6 Å².